The van der Waals surface area contributed by atoms with Crippen molar-refractivity contribution in [2.75, 3.05) is 0 Å². The third kappa shape index (κ3) is 3.54. The van der Waals surface area contributed by atoms with Crippen molar-refractivity contribution in [1.29, 1.82) is 0 Å². The molecule has 0 unspecified atom stereocenters. The summed E-state index contributed by atoms with van der Waals surface area (Å²) in [5.74, 6) is 1.74. The van der Waals surface area contributed by atoms with Gasteiger partial charge in [0.05, 0.1) is 12.2 Å². The van der Waals surface area contributed by atoms with Crippen molar-refractivity contribution in [3.63, 3.8) is 0 Å². The van der Waals surface area contributed by atoms with Crippen LogP contribution < -0.4 is 0 Å². The first-order valence-corrected chi connectivity index (χ1v) is 13.5. The average Bonchev–Trinajstić information content (AvgIpc) is 2.96. The van der Waals surface area contributed by atoms with Gasteiger partial charge in [-0.25, -0.2) is 0 Å². The van der Waals surface area contributed by atoms with E-state index in [9.17, 15) is 15.0 Å². The first-order chi connectivity index (χ1) is 15.2. The highest BCUT2D eigenvalue weighted by molar-refractivity contribution is 5.95. The van der Waals surface area contributed by atoms with Crippen LogP contribution in [0, 0.1) is 45.3 Å². The van der Waals surface area contributed by atoms with E-state index in [0.29, 0.717) is 23.5 Å². The van der Waals surface area contributed by atoms with Crippen LogP contribution in [-0.2, 0) is 4.79 Å². The molecule has 33 heavy (non-hydrogen) atoms. The summed E-state index contributed by atoms with van der Waals surface area (Å²) in [6.07, 6.45) is 10.4. The largest absolute Gasteiger partial charge is 0.392 e. The van der Waals surface area contributed by atoms with Crippen LogP contribution in [0.5, 0.6) is 0 Å². The van der Waals surface area contributed by atoms with Gasteiger partial charge in [0.25, 0.3) is 0 Å². The van der Waals surface area contributed by atoms with Crippen molar-refractivity contribution in [2.24, 2.45) is 45.3 Å². The number of hydrogen-bond donors (Lipinski definition) is 2. The Balaban J connectivity index is 1.68. The molecule has 9 atom stereocenters. The molecule has 4 aliphatic rings. The molecular formula is C30H48O3. The average molecular weight is 457 g/mol. The summed E-state index contributed by atoms with van der Waals surface area (Å²) >= 11 is 0. The van der Waals surface area contributed by atoms with Crippen LogP contribution in [0.15, 0.2) is 23.3 Å². The molecular weight excluding hydrogens is 408 g/mol. The third-order valence-corrected chi connectivity index (χ3v) is 11.5. The topological polar surface area (TPSA) is 57.5 Å². The lowest BCUT2D eigenvalue weighted by atomic mass is 9.39. The van der Waals surface area contributed by atoms with E-state index in [1.165, 1.54) is 11.1 Å². The van der Waals surface area contributed by atoms with Gasteiger partial charge in [-0.1, -0.05) is 58.8 Å². The van der Waals surface area contributed by atoms with E-state index in [1.54, 1.807) is 0 Å². The molecule has 0 heterocycles. The van der Waals surface area contributed by atoms with Crippen molar-refractivity contribution >= 4 is 5.78 Å². The van der Waals surface area contributed by atoms with Gasteiger partial charge in [0.2, 0.25) is 0 Å². The van der Waals surface area contributed by atoms with Gasteiger partial charge in [0.15, 0.2) is 5.78 Å². The summed E-state index contributed by atoms with van der Waals surface area (Å²) in [6, 6.07) is 0. The van der Waals surface area contributed by atoms with Crippen LogP contribution in [-0.4, -0.2) is 28.2 Å². The molecule has 0 bridgehead atoms. The third-order valence-electron chi connectivity index (χ3n) is 11.5. The van der Waals surface area contributed by atoms with E-state index in [0.717, 1.165) is 44.9 Å². The molecule has 186 valence electrons. The number of ketones is 1. The van der Waals surface area contributed by atoms with Crippen molar-refractivity contribution in [2.45, 2.75) is 113 Å². The molecule has 3 nitrogen and oxygen atoms in total. The van der Waals surface area contributed by atoms with Gasteiger partial charge in [-0.15, -0.1) is 0 Å². The predicted molar refractivity (Wildman–Crippen MR) is 135 cm³/mol. The maximum atomic E-state index is 13.9. The van der Waals surface area contributed by atoms with Crippen LogP contribution in [0.1, 0.15) is 100 Å². The second kappa shape index (κ2) is 8.05. The van der Waals surface area contributed by atoms with Crippen molar-refractivity contribution in [3.8, 4) is 0 Å². The van der Waals surface area contributed by atoms with Gasteiger partial charge in [0, 0.05) is 11.3 Å². The molecule has 0 aromatic heterocycles. The van der Waals surface area contributed by atoms with Gasteiger partial charge < -0.3 is 10.2 Å². The maximum Gasteiger partial charge on any atom is 0.159 e. The summed E-state index contributed by atoms with van der Waals surface area (Å²) < 4.78 is 0. The van der Waals surface area contributed by atoms with Gasteiger partial charge >= 0.3 is 0 Å². The van der Waals surface area contributed by atoms with E-state index in [-0.39, 0.29) is 39.8 Å². The van der Waals surface area contributed by atoms with Crippen LogP contribution in [0.25, 0.3) is 0 Å². The standard InChI is InChI=1S/C30H48O3/c1-18(2)15-20(31)16-19(3)21-11-12-30(8)26-24(32)17-23-22(9-10-25(33)27(23,4)5)28(26,6)13-14-29(21,30)7/h15,17,19-22,25-26,31,33H,9-14,16H2,1-8H3/t19-,20+,21-,22-,25+,26-,28+,29-,30+/m1/s1. The zero-order valence-corrected chi connectivity index (χ0v) is 22.4. The fraction of sp³-hybridized carbons (Fsp3) is 0.833. The van der Waals surface area contributed by atoms with Crippen LogP contribution >= 0.6 is 0 Å². The zero-order valence-electron chi connectivity index (χ0n) is 22.4. The van der Waals surface area contributed by atoms with Gasteiger partial charge in [-0.3, -0.25) is 4.79 Å². The molecule has 0 aromatic carbocycles. The minimum atomic E-state index is -0.382. The first kappa shape index (κ1) is 25.2. The number of carbonyl (C=O) groups excluding carboxylic acids is 1. The Kier molecular flexibility index (Phi) is 6.14. The predicted octanol–water partition coefficient (Wildman–Crippen LogP) is 6.48. The minimum Gasteiger partial charge on any atom is -0.392 e. The number of rotatable bonds is 4. The summed E-state index contributed by atoms with van der Waals surface area (Å²) in [7, 11) is 0. The highest BCUT2D eigenvalue weighted by Crippen LogP contribution is 2.74. The minimum absolute atomic E-state index is 0.0142. The summed E-state index contributed by atoms with van der Waals surface area (Å²) in [5.41, 5.74) is 2.15. The Morgan fingerprint density at radius 1 is 1.06 bits per heavy atom. The van der Waals surface area contributed by atoms with E-state index < -0.39 is 0 Å². The molecule has 0 amide bonds. The molecule has 0 spiro atoms. The van der Waals surface area contributed by atoms with E-state index in [2.05, 4.69) is 41.5 Å². The monoisotopic (exact) mass is 456 g/mol. The highest BCUT2D eigenvalue weighted by atomic mass is 16.3. The van der Waals surface area contributed by atoms with E-state index in [4.69, 9.17) is 0 Å². The number of aliphatic hydroxyl groups excluding tert-OH is 2. The van der Waals surface area contributed by atoms with Crippen LogP contribution in [0.3, 0.4) is 0 Å². The van der Waals surface area contributed by atoms with Crippen molar-refractivity contribution < 1.29 is 15.0 Å². The molecule has 0 aliphatic heterocycles. The number of allylic oxidation sites excluding steroid dienone is 2. The Labute approximate surface area is 202 Å². The smallest absolute Gasteiger partial charge is 0.159 e. The summed E-state index contributed by atoms with van der Waals surface area (Å²) in [5, 5.41) is 21.3. The lowest BCUT2D eigenvalue weighted by Gasteiger charge is -2.65. The molecule has 0 saturated heterocycles. The van der Waals surface area contributed by atoms with Crippen molar-refractivity contribution in [3.05, 3.63) is 23.3 Å². The molecule has 3 fully saturated rings. The second-order valence-corrected chi connectivity index (χ2v) is 13.8. The fourth-order valence-corrected chi connectivity index (χ4v) is 9.44. The summed E-state index contributed by atoms with van der Waals surface area (Å²) in [6.45, 7) is 18.0. The van der Waals surface area contributed by atoms with Crippen molar-refractivity contribution in [1.82, 2.24) is 0 Å². The molecule has 0 aromatic rings. The quantitative estimate of drug-likeness (QED) is 0.476. The second-order valence-electron chi connectivity index (χ2n) is 13.8. The lowest BCUT2D eigenvalue weighted by Crippen LogP contribution is -2.61. The zero-order chi connectivity index (χ0) is 24.6. The molecule has 3 saturated carbocycles. The Bertz CT molecular complexity index is 864. The first-order valence-electron chi connectivity index (χ1n) is 13.5. The molecule has 4 aliphatic carbocycles. The molecule has 2 N–H and O–H groups in total. The number of hydrogen-bond acceptors (Lipinski definition) is 3. The normalized spacial score (nSPS) is 45.9. The Morgan fingerprint density at radius 2 is 1.73 bits per heavy atom. The van der Waals surface area contributed by atoms with Gasteiger partial charge in [-0.2, -0.15) is 0 Å². The van der Waals surface area contributed by atoms with Crippen LogP contribution in [0.2, 0.25) is 0 Å². The SMILES string of the molecule is CC(C)=C[C@H](O)C[C@@H](C)[C@H]1CC[C@@]2(C)[C@@H]3C(=O)C=C4[C@@H](CC[C@H](O)C4(C)C)[C@]3(C)CC[C@]12C. The number of fused-ring (bicyclic) bond motifs is 5. The maximum absolute atomic E-state index is 13.9. The molecule has 3 heteroatoms. The molecule has 4 rings (SSSR count). The van der Waals surface area contributed by atoms with E-state index in [1.807, 2.05) is 26.0 Å². The Morgan fingerprint density at radius 3 is 2.36 bits per heavy atom. The van der Waals surface area contributed by atoms with Gasteiger partial charge in [0.1, 0.15) is 0 Å². The molecule has 0 radical (unpaired) electrons. The lowest BCUT2D eigenvalue weighted by molar-refractivity contribution is -0.164. The van der Waals surface area contributed by atoms with Gasteiger partial charge in [-0.05, 0) is 98.9 Å². The number of carbonyl (C=O) groups is 1. The highest BCUT2D eigenvalue weighted by Gasteiger charge is 2.69. The fourth-order valence-electron chi connectivity index (χ4n) is 9.44. The summed E-state index contributed by atoms with van der Waals surface area (Å²) in [4.78, 5) is 13.9. The Hall–Kier alpha value is -0.930. The van der Waals surface area contributed by atoms with E-state index >= 15 is 0 Å². The van der Waals surface area contributed by atoms with Crippen LogP contribution in [0.4, 0.5) is 0 Å². The number of aliphatic hydroxyl groups is 2.